The summed E-state index contributed by atoms with van der Waals surface area (Å²) in [7, 11) is 3.78. The highest BCUT2D eigenvalue weighted by atomic mass is 32.1. The van der Waals surface area contributed by atoms with E-state index in [1.54, 1.807) is 11.0 Å². The number of imidazole rings is 1. The van der Waals surface area contributed by atoms with E-state index >= 15 is 0 Å². The maximum absolute atomic E-state index is 13.4. The fraction of sp³-hybridized carbons (Fsp3) is 0.407. The predicted octanol–water partition coefficient (Wildman–Crippen LogP) is 5.07. The average molecular weight is 541 g/mol. The number of nitrogens with one attached hydrogen (secondary N) is 1. The molecular formula is C27H30F2N6O2S. The number of amides is 2. The number of likely N-dealkylation sites (N-methyl/N-ethyl adjacent to an activating group) is 1. The molecule has 0 radical (unpaired) electrons. The van der Waals surface area contributed by atoms with E-state index in [0.717, 1.165) is 29.7 Å². The van der Waals surface area contributed by atoms with Gasteiger partial charge in [-0.05, 0) is 71.1 Å². The number of alkyl halides is 2. The minimum absolute atomic E-state index is 0.0899. The van der Waals surface area contributed by atoms with Gasteiger partial charge in [-0.3, -0.25) is 14.9 Å². The summed E-state index contributed by atoms with van der Waals surface area (Å²) < 4.78 is 27.9. The monoisotopic (exact) mass is 540 g/mol. The zero-order valence-corrected chi connectivity index (χ0v) is 22.6. The van der Waals surface area contributed by atoms with Crippen LogP contribution in [0.5, 0.6) is 0 Å². The Bertz CT molecular complexity index is 1420. The number of rotatable bonds is 8. The maximum Gasteiger partial charge on any atom is 0.272 e. The van der Waals surface area contributed by atoms with Gasteiger partial charge in [0.15, 0.2) is 0 Å². The van der Waals surface area contributed by atoms with Gasteiger partial charge in [0.2, 0.25) is 5.95 Å². The number of nitriles is 1. The molecular weight excluding hydrogens is 510 g/mol. The first kappa shape index (κ1) is 27.4. The zero-order valence-electron chi connectivity index (χ0n) is 21.7. The number of halogens is 2. The molecule has 1 fully saturated rings. The van der Waals surface area contributed by atoms with Crippen LogP contribution in [0.1, 0.15) is 47.7 Å². The number of para-hydroxylation sites is 2. The molecule has 1 N–H and O–H groups in total. The Morgan fingerprint density at radius 2 is 2.03 bits per heavy atom. The van der Waals surface area contributed by atoms with Crippen LogP contribution in [-0.4, -0.2) is 63.4 Å². The summed E-state index contributed by atoms with van der Waals surface area (Å²) in [6, 6.07) is 11.9. The van der Waals surface area contributed by atoms with Gasteiger partial charge >= 0.3 is 0 Å². The second-order valence-corrected chi connectivity index (χ2v) is 11.1. The van der Waals surface area contributed by atoms with E-state index in [-0.39, 0.29) is 33.2 Å². The van der Waals surface area contributed by atoms with E-state index in [1.165, 1.54) is 12.1 Å². The lowest BCUT2D eigenvalue weighted by atomic mass is 9.99. The third-order valence-electron chi connectivity index (χ3n) is 6.98. The van der Waals surface area contributed by atoms with Gasteiger partial charge in [-0.2, -0.15) is 5.26 Å². The van der Waals surface area contributed by atoms with Crippen molar-refractivity contribution in [1.82, 2.24) is 19.4 Å². The molecule has 1 unspecified atom stereocenters. The molecule has 38 heavy (non-hydrogen) atoms. The van der Waals surface area contributed by atoms with Crippen molar-refractivity contribution in [2.24, 2.45) is 0 Å². The molecule has 2 aromatic heterocycles. The first-order valence-corrected chi connectivity index (χ1v) is 13.1. The van der Waals surface area contributed by atoms with Crippen molar-refractivity contribution < 1.29 is 18.4 Å². The van der Waals surface area contributed by atoms with Crippen molar-refractivity contribution in [2.75, 3.05) is 26.0 Å². The predicted molar refractivity (Wildman–Crippen MR) is 143 cm³/mol. The van der Waals surface area contributed by atoms with Crippen molar-refractivity contribution in [3.05, 3.63) is 57.8 Å². The van der Waals surface area contributed by atoms with Crippen molar-refractivity contribution in [3.8, 4) is 6.07 Å². The molecule has 0 aliphatic carbocycles. The Morgan fingerprint density at radius 1 is 1.29 bits per heavy atom. The molecule has 0 bridgehead atoms. The van der Waals surface area contributed by atoms with Gasteiger partial charge in [0.1, 0.15) is 11.6 Å². The van der Waals surface area contributed by atoms with E-state index < -0.39 is 17.9 Å². The minimum atomic E-state index is -2.65. The number of benzene rings is 1. The quantitative estimate of drug-likeness (QED) is 0.318. The second-order valence-electron chi connectivity index (χ2n) is 10.0. The molecule has 4 rings (SSSR count). The van der Waals surface area contributed by atoms with E-state index in [1.807, 2.05) is 61.7 Å². The first-order valence-electron chi connectivity index (χ1n) is 12.3. The van der Waals surface area contributed by atoms with Crippen LogP contribution in [0.25, 0.3) is 11.0 Å². The lowest BCUT2D eigenvalue weighted by Gasteiger charge is -2.30. The SMILES string of the molecule is CN(C)C(C)(C)C=C(C#N)C(=O)N1CCCC1Cn1c(NC(=O)c2ccc(C(F)F)s2)nc2ccccc21. The molecule has 0 spiro atoms. The fourth-order valence-electron chi connectivity index (χ4n) is 4.39. The summed E-state index contributed by atoms with van der Waals surface area (Å²) in [4.78, 5) is 34.5. The van der Waals surface area contributed by atoms with Gasteiger partial charge in [-0.15, -0.1) is 11.3 Å². The highest BCUT2D eigenvalue weighted by molar-refractivity contribution is 7.14. The van der Waals surface area contributed by atoms with E-state index in [0.29, 0.717) is 18.6 Å². The number of hydrogen-bond acceptors (Lipinski definition) is 6. The van der Waals surface area contributed by atoms with Gasteiger partial charge in [-0.1, -0.05) is 12.1 Å². The highest BCUT2D eigenvalue weighted by Crippen LogP contribution is 2.29. The van der Waals surface area contributed by atoms with Gasteiger partial charge in [0.25, 0.3) is 18.2 Å². The van der Waals surface area contributed by atoms with E-state index in [4.69, 9.17) is 0 Å². The minimum Gasteiger partial charge on any atom is -0.333 e. The number of likely N-dealkylation sites (tertiary alicyclic amines) is 1. The Kier molecular flexibility index (Phi) is 7.94. The molecule has 2 amide bonds. The zero-order chi connectivity index (χ0) is 27.6. The molecule has 3 aromatic rings. The normalized spacial score (nSPS) is 16.4. The number of fused-ring (bicyclic) bond motifs is 1. The van der Waals surface area contributed by atoms with Crippen molar-refractivity contribution in [3.63, 3.8) is 0 Å². The molecule has 1 saturated heterocycles. The largest absolute Gasteiger partial charge is 0.333 e. The summed E-state index contributed by atoms with van der Waals surface area (Å²) in [5.41, 5.74) is 1.03. The number of aromatic nitrogens is 2. The summed E-state index contributed by atoms with van der Waals surface area (Å²) in [5, 5.41) is 12.6. The van der Waals surface area contributed by atoms with Gasteiger partial charge in [0, 0.05) is 18.6 Å². The molecule has 11 heteroatoms. The maximum atomic E-state index is 13.4. The second kappa shape index (κ2) is 11.0. The standard InChI is InChI=1S/C27H30F2N6O2S/c1-27(2,33(3)4)14-17(15-30)25(37)34-13-7-8-18(34)16-35-20-10-6-5-9-19(20)31-26(35)32-24(36)22-12-11-21(38-22)23(28)29/h5-6,9-12,14,18,23H,7-8,13,16H2,1-4H3,(H,31,32,36). The van der Waals surface area contributed by atoms with Crippen molar-refractivity contribution in [2.45, 2.75) is 51.2 Å². The molecule has 1 aliphatic heterocycles. The van der Waals surface area contributed by atoms with E-state index in [9.17, 15) is 23.6 Å². The Morgan fingerprint density at radius 3 is 2.68 bits per heavy atom. The van der Waals surface area contributed by atoms with Crippen LogP contribution in [0, 0.1) is 11.3 Å². The number of carbonyl (C=O) groups is 2. The van der Waals surface area contributed by atoms with Gasteiger partial charge in [0.05, 0.1) is 26.8 Å². The topological polar surface area (TPSA) is 94.3 Å². The first-order chi connectivity index (χ1) is 18.0. The molecule has 1 atom stereocenters. The Labute approximate surface area is 224 Å². The number of thiophene rings is 1. The van der Waals surface area contributed by atoms with Gasteiger partial charge < -0.3 is 14.4 Å². The molecule has 1 aromatic carbocycles. The summed E-state index contributed by atoms with van der Waals surface area (Å²) in [6.07, 6.45) is 0.557. The number of hydrogen-bond donors (Lipinski definition) is 1. The number of anilines is 1. The van der Waals surface area contributed by atoms with Crippen LogP contribution in [0.15, 0.2) is 48.0 Å². The third kappa shape index (κ3) is 5.61. The lowest BCUT2D eigenvalue weighted by Crippen LogP contribution is -2.41. The molecule has 200 valence electrons. The summed E-state index contributed by atoms with van der Waals surface area (Å²) in [6.45, 7) is 4.74. The average Bonchev–Trinajstić information content (AvgIpc) is 3.62. The number of carbonyl (C=O) groups excluding carboxylic acids is 2. The number of nitrogens with zero attached hydrogens (tertiary/aromatic N) is 5. The van der Waals surface area contributed by atoms with Crippen LogP contribution in [0.2, 0.25) is 0 Å². The molecule has 8 nitrogen and oxygen atoms in total. The third-order valence-corrected chi connectivity index (χ3v) is 8.07. The fourth-order valence-corrected chi connectivity index (χ4v) is 5.15. The summed E-state index contributed by atoms with van der Waals surface area (Å²) in [5.74, 6) is -0.580. The smallest absolute Gasteiger partial charge is 0.272 e. The van der Waals surface area contributed by atoms with Crippen LogP contribution in [-0.2, 0) is 11.3 Å². The van der Waals surface area contributed by atoms with Crippen LogP contribution in [0.4, 0.5) is 14.7 Å². The van der Waals surface area contributed by atoms with Crippen molar-refractivity contribution >= 4 is 40.1 Å². The van der Waals surface area contributed by atoms with E-state index in [2.05, 4.69) is 16.4 Å². The molecule has 1 aliphatic rings. The van der Waals surface area contributed by atoms with Crippen molar-refractivity contribution in [1.29, 1.82) is 5.26 Å². The Balaban J connectivity index is 1.62. The van der Waals surface area contributed by atoms with Gasteiger partial charge in [-0.25, -0.2) is 13.8 Å². The lowest BCUT2D eigenvalue weighted by molar-refractivity contribution is -0.127. The Hall–Kier alpha value is -3.62. The van der Waals surface area contributed by atoms with Crippen LogP contribution in [0.3, 0.4) is 0 Å². The molecule has 0 saturated carbocycles. The summed E-state index contributed by atoms with van der Waals surface area (Å²) >= 11 is 0.738. The van der Waals surface area contributed by atoms with Crippen LogP contribution >= 0.6 is 11.3 Å². The molecule has 3 heterocycles. The highest BCUT2D eigenvalue weighted by Gasteiger charge is 2.33. The van der Waals surface area contributed by atoms with Crippen LogP contribution < -0.4 is 5.32 Å².